The van der Waals surface area contributed by atoms with Crippen molar-refractivity contribution in [2.75, 3.05) is 26.7 Å². The number of carbonyl (C=O) groups excluding carboxylic acids is 1. The van der Waals surface area contributed by atoms with Crippen LogP contribution in [0.4, 0.5) is 0 Å². The first-order valence-electron chi connectivity index (χ1n) is 6.21. The van der Waals surface area contributed by atoms with Crippen molar-refractivity contribution in [1.82, 2.24) is 20.5 Å². The number of nitrogens with one attached hydrogen (secondary N) is 2. The maximum atomic E-state index is 11.8. The van der Waals surface area contributed by atoms with Crippen LogP contribution in [0.25, 0.3) is 0 Å². The van der Waals surface area contributed by atoms with Gasteiger partial charge in [-0.25, -0.2) is 4.98 Å². The lowest BCUT2D eigenvalue weighted by Crippen LogP contribution is -2.56. The van der Waals surface area contributed by atoms with Crippen LogP contribution in [0.15, 0.2) is 4.42 Å². The Bertz CT molecular complexity index is 410. The van der Waals surface area contributed by atoms with Gasteiger partial charge in [-0.2, -0.15) is 0 Å². The molecular weight excluding hydrogens is 232 g/mol. The number of hydrogen-bond acceptors (Lipinski definition) is 5. The van der Waals surface area contributed by atoms with Crippen LogP contribution in [0.2, 0.25) is 0 Å². The molecular formula is C12H20N4O2. The van der Waals surface area contributed by atoms with Gasteiger partial charge in [0.25, 0.3) is 0 Å². The van der Waals surface area contributed by atoms with E-state index >= 15 is 0 Å². The first-order chi connectivity index (χ1) is 8.61. The number of piperazine rings is 1. The Balaban J connectivity index is 2.07. The van der Waals surface area contributed by atoms with Gasteiger partial charge < -0.3 is 15.1 Å². The lowest BCUT2D eigenvalue weighted by molar-refractivity contribution is -0.126. The van der Waals surface area contributed by atoms with Crippen LogP contribution in [0.3, 0.4) is 0 Å². The van der Waals surface area contributed by atoms with Gasteiger partial charge in [-0.1, -0.05) is 0 Å². The van der Waals surface area contributed by atoms with Gasteiger partial charge in [0, 0.05) is 26.7 Å². The minimum atomic E-state index is -0.156. The highest BCUT2D eigenvalue weighted by Crippen LogP contribution is 2.13. The van der Waals surface area contributed by atoms with Crippen LogP contribution in [0.5, 0.6) is 0 Å². The van der Waals surface area contributed by atoms with Gasteiger partial charge in [0.1, 0.15) is 11.8 Å². The van der Waals surface area contributed by atoms with Crippen molar-refractivity contribution in [3.8, 4) is 0 Å². The predicted octanol–water partition coefficient (Wildman–Crippen LogP) is -0.189. The molecule has 1 saturated heterocycles. The molecule has 18 heavy (non-hydrogen) atoms. The lowest BCUT2D eigenvalue weighted by Gasteiger charge is -2.33. The molecule has 1 aromatic rings. The van der Waals surface area contributed by atoms with Crippen molar-refractivity contribution >= 4 is 5.91 Å². The van der Waals surface area contributed by atoms with Crippen LogP contribution < -0.4 is 10.6 Å². The topological polar surface area (TPSA) is 70.4 Å². The third-order valence-electron chi connectivity index (χ3n) is 3.31. The smallest absolute Gasteiger partial charge is 0.238 e. The number of aromatic nitrogens is 1. The third kappa shape index (κ3) is 2.70. The summed E-state index contributed by atoms with van der Waals surface area (Å²) in [5.41, 5.74) is 0.914. The Morgan fingerprint density at radius 2 is 2.39 bits per heavy atom. The normalized spacial score (nSPS) is 20.9. The van der Waals surface area contributed by atoms with E-state index in [-0.39, 0.29) is 11.9 Å². The Morgan fingerprint density at radius 1 is 1.61 bits per heavy atom. The Labute approximate surface area is 107 Å². The van der Waals surface area contributed by atoms with Gasteiger partial charge >= 0.3 is 0 Å². The van der Waals surface area contributed by atoms with E-state index in [1.807, 2.05) is 13.8 Å². The predicted molar refractivity (Wildman–Crippen MR) is 67.1 cm³/mol. The van der Waals surface area contributed by atoms with Crippen LogP contribution in [-0.4, -0.2) is 48.5 Å². The minimum Gasteiger partial charge on any atom is -0.444 e. The summed E-state index contributed by atoms with van der Waals surface area (Å²) >= 11 is 0. The Kier molecular flexibility index (Phi) is 3.98. The van der Waals surface area contributed by atoms with Crippen molar-refractivity contribution in [1.29, 1.82) is 0 Å². The maximum absolute atomic E-state index is 11.8. The Morgan fingerprint density at radius 3 is 3.00 bits per heavy atom. The fourth-order valence-electron chi connectivity index (χ4n) is 2.14. The quantitative estimate of drug-likeness (QED) is 0.780. The SMILES string of the molecule is CNC(=O)C1CNCCN1Cc1nc(C)c(C)o1. The summed E-state index contributed by atoms with van der Waals surface area (Å²) in [5, 5.41) is 5.92. The standard InChI is InChI=1S/C12H20N4O2/c1-8-9(2)18-11(15-8)7-16-5-4-14-6-10(16)12(17)13-3/h10,14H,4-7H2,1-3H3,(H,13,17). The average molecular weight is 252 g/mol. The average Bonchev–Trinajstić information content (AvgIpc) is 2.68. The number of amides is 1. The van der Waals surface area contributed by atoms with Crippen molar-refractivity contribution < 1.29 is 9.21 Å². The number of nitrogens with zero attached hydrogens (tertiary/aromatic N) is 2. The molecule has 1 fully saturated rings. The zero-order valence-corrected chi connectivity index (χ0v) is 11.1. The van der Waals surface area contributed by atoms with Crippen LogP contribution >= 0.6 is 0 Å². The highest BCUT2D eigenvalue weighted by molar-refractivity contribution is 5.81. The van der Waals surface area contributed by atoms with Gasteiger partial charge in [0.05, 0.1) is 12.2 Å². The zero-order chi connectivity index (χ0) is 13.1. The monoisotopic (exact) mass is 252 g/mol. The van der Waals surface area contributed by atoms with Gasteiger partial charge in [0.2, 0.25) is 11.8 Å². The van der Waals surface area contributed by atoms with Crippen molar-refractivity contribution in [2.24, 2.45) is 0 Å². The van der Waals surface area contributed by atoms with E-state index in [2.05, 4.69) is 20.5 Å². The van der Waals surface area contributed by atoms with E-state index in [1.54, 1.807) is 7.05 Å². The molecule has 100 valence electrons. The second kappa shape index (κ2) is 5.49. The molecule has 0 saturated carbocycles. The summed E-state index contributed by atoms with van der Waals surface area (Å²) in [7, 11) is 1.66. The van der Waals surface area contributed by atoms with Crippen LogP contribution in [0.1, 0.15) is 17.3 Å². The fourth-order valence-corrected chi connectivity index (χ4v) is 2.14. The van der Waals surface area contributed by atoms with Crippen LogP contribution in [-0.2, 0) is 11.3 Å². The molecule has 1 aliphatic heterocycles. The molecule has 0 radical (unpaired) electrons. The van der Waals surface area contributed by atoms with E-state index in [0.29, 0.717) is 19.0 Å². The summed E-state index contributed by atoms with van der Waals surface area (Å²) < 4.78 is 5.57. The lowest BCUT2D eigenvalue weighted by atomic mass is 10.2. The molecule has 1 amide bonds. The van der Waals surface area contributed by atoms with Crippen molar-refractivity contribution in [3.63, 3.8) is 0 Å². The molecule has 0 aromatic carbocycles. The summed E-state index contributed by atoms with van der Waals surface area (Å²) in [5.74, 6) is 1.56. The first kappa shape index (κ1) is 13.0. The zero-order valence-electron chi connectivity index (χ0n) is 11.1. The summed E-state index contributed by atoms with van der Waals surface area (Å²) in [6.45, 7) is 6.77. The number of oxazole rings is 1. The second-order valence-electron chi connectivity index (χ2n) is 4.55. The molecule has 1 aromatic heterocycles. The van der Waals surface area contributed by atoms with Crippen LogP contribution in [0, 0.1) is 13.8 Å². The number of hydrogen-bond donors (Lipinski definition) is 2. The number of aryl methyl sites for hydroxylation is 2. The maximum Gasteiger partial charge on any atom is 0.238 e. The molecule has 6 heteroatoms. The van der Waals surface area contributed by atoms with Gasteiger partial charge in [-0.05, 0) is 13.8 Å². The van der Waals surface area contributed by atoms with E-state index in [9.17, 15) is 4.79 Å². The summed E-state index contributed by atoms with van der Waals surface area (Å²) in [6.07, 6.45) is 0. The molecule has 1 unspecified atom stereocenters. The Hall–Kier alpha value is -1.40. The van der Waals surface area contributed by atoms with Gasteiger partial charge in [0.15, 0.2) is 0 Å². The molecule has 0 bridgehead atoms. The molecule has 0 aliphatic carbocycles. The van der Waals surface area contributed by atoms with E-state index in [4.69, 9.17) is 4.42 Å². The van der Waals surface area contributed by atoms with Crippen molar-refractivity contribution in [2.45, 2.75) is 26.4 Å². The largest absolute Gasteiger partial charge is 0.444 e. The fraction of sp³-hybridized carbons (Fsp3) is 0.667. The number of carbonyl (C=O) groups is 1. The molecule has 1 aliphatic rings. The van der Waals surface area contributed by atoms with Gasteiger partial charge in [-0.3, -0.25) is 9.69 Å². The minimum absolute atomic E-state index is 0.0298. The molecule has 0 spiro atoms. The second-order valence-corrected chi connectivity index (χ2v) is 4.55. The molecule has 2 rings (SSSR count). The number of rotatable bonds is 3. The third-order valence-corrected chi connectivity index (χ3v) is 3.31. The summed E-state index contributed by atoms with van der Waals surface area (Å²) in [6, 6.07) is -0.156. The van der Waals surface area contributed by atoms with Gasteiger partial charge in [-0.15, -0.1) is 0 Å². The molecule has 2 heterocycles. The molecule has 1 atom stereocenters. The van der Waals surface area contributed by atoms with E-state index in [1.165, 1.54) is 0 Å². The first-order valence-corrected chi connectivity index (χ1v) is 6.21. The molecule has 6 nitrogen and oxygen atoms in total. The highest BCUT2D eigenvalue weighted by Gasteiger charge is 2.28. The summed E-state index contributed by atoms with van der Waals surface area (Å²) in [4.78, 5) is 18.3. The highest BCUT2D eigenvalue weighted by atomic mass is 16.4. The molecule has 2 N–H and O–H groups in total. The van der Waals surface area contributed by atoms with Crippen molar-refractivity contribution in [3.05, 3.63) is 17.3 Å². The van der Waals surface area contributed by atoms with E-state index < -0.39 is 0 Å². The number of likely N-dealkylation sites (N-methyl/N-ethyl adjacent to an activating group) is 1. The van der Waals surface area contributed by atoms with E-state index in [0.717, 1.165) is 24.5 Å².